The fourth-order valence-corrected chi connectivity index (χ4v) is 5.66. The molecule has 3 aromatic carbocycles. The molecule has 0 atom stereocenters. The maximum absolute atomic E-state index is 14.4. The third kappa shape index (κ3) is 5.78. The van der Waals surface area contributed by atoms with Gasteiger partial charge in [0.05, 0.1) is 9.83 Å². The van der Waals surface area contributed by atoms with Gasteiger partial charge in [-0.1, -0.05) is 49.6 Å². The lowest BCUT2D eigenvalue weighted by Crippen LogP contribution is -2.40. The smallest absolute Gasteiger partial charge is 0.269 e. The quantitative estimate of drug-likeness (QED) is 0.182. The number of hydrogen-bond donors (Lipinski definition) is 0. The Morgan fingerprint density at radius 1 is 1.03 bits per heavy atom. The molecule has 3 aromatic rings. The van der Waals surface area contributed by atoms with Crippen LogP contribution in [0.1, 0.15) is 43.2 Å². The molecule has 0 spiro atoms. The summed E-state index contributed by atoms with van der Waals surface area (Å²) >= 11 is 1.25. The number of ether oxygens (including phenoxy) is 1. The number of nitro benzene ring substituents is 1. The van der Waals surface area contributed by atoms with Crippen molar-refractivity contribution >= 4 is 40.3 Å². The molecular weight excluding hydrogens is 505 g/mol. The van der Waals surface area contributed by atoms with Crippen LogP contribution in [0, 0.1) is 15.9 Å². The van der Waals surface area contributed by atoms with Gasteiger partial charge in [-0.25, -0.2) is 9.38 Å². The first-order chi connectivity index (χ1) is 18.5. The van der Waals surface area contributed by atoms with Crippen molar-refractivity contribution in [2.45, 2.75) is 44.8 Å². The van der Waals surface area contributed by atoms with Gasteiger partial charge < -0.3 is 4.74 Å². The standard InChI is InChI=1S/C29H26FN3O4S/c30-24-11-5-6-12-25(24)31-29-32(22-9-2-1-3-10-22)28(34)27(38-29)18-21-8-4-7-13-26(21)37-19-20-14-16-23(17-15-20)33(35)36/h4-8,11-18,22H,1-3,9-10,19H2/b27-18-,31-29?. The number of para-hydroxylation sites is 2. The summed E-state index contributed by atoms with van der Waals surface area (Å²) in [5.74, 6) is 0.0108. The van der Waals surface area contributed by atoms with Crippen LogP contribution in [0.5, 0.6) is 5.75 Å². The van der Waals surface area contributed by atoms with E-state index in [1.165, 1.54) is 30.0 Å². The number of amides is 1. The third-order valence-electron chi connectivity index (χ3n) is 6.59. The molecule has 38 heavy (non-hydrogen) atoms. The number of hydrogen-bond acceptors (Lipinski definition) is 6. The molecule has 0 N–H and O–H groups in total. The molecule has 194 valence electrons. The molecule has 7 nitrogen and oxygen atoms in total. The van der Waals surface area contributed by atoms with Crippen LogP contribution in [-0.4, -0.2) is 26.9 Å². The number of rotatable bonds is 7. The van der Waals surface area contributed by atoms with E-state index in [0.29, 0.717) is 15.8 Å². The van der Waals surface area contributed by atoms with Gasteiger partial charge in [0, 0.05) is 23.7 Å². The molecule has 0 aromatic heterocycles. The SMILES string of the molecule is O=C1/C(=C/c2ccccc2OCc2ccc([N+](=O)[O-])cc2)SC(=Nc2ccccc2F)N1C1CCCCC1. The van der Waals surface area contributed by atoms with Gasteiger partial charge in [-0.15, -0.1) is 0 Å². The van der Waals surface area contributed by atoms with Crippen molar-refractivity contribution in [1.82, 2.24) is 4.90 Å². The second-order valence-electron chi connectivity index (χ2n) is 9.17. The Kier molecular flexibility index (Phi) is 7.83. The topological polar surface area (TPSA) is 85.0 Å². The first kappa shape index (κ1) is 25.7. The summed E-state index contributed by atoms with van der Waals surface area (Å²) in [4.78, 5) is 30.9. The zero-order valence-electron chi connectivity index (χ0n) is 20.6. The normalized spacial score (nSPS) is 18.3. The summed E-state index contributed by atoms with van der Waals surface area (Å²) in [6.07, 6.45) is 6.82. The summed E-state index contributed by atoms with van der Waals surface area (Å²) < 4.78 is 20.4. The molecule has 5 rings (SSSR count). The lowest BCUT2D eigenvalue weighted by atomic mass is 9.94. The van der Waals surface area contributed by atoms with Crippen molar-refractivity contribution in [3.8, 4) is 5.75 Å². The molecule has 0 unspecified atom stereocenters. The first-order valence-corrected chi connectivity index (χ1v) is 13.3. The van der Waals surface area contributed by atoms with Gasteiger partial charge in [0.2, 0.25) is 0 Å². The molecule has 9 heteroatoms. The van der Waals surface area contributed by atoms with Crippen LogP contribution in [0.2, 0.25) is 0 Å². The summed E-state index contributed by atoms with van der Waals surface area (Å²) in [5.41, 5.74) is 1.73. The molecule has 0 bridgehead atoms. The number of halogens is 1. The van der Waals surface area contributed by atoms with Gasteiger partial charge in [-0.3, -0.25) is 19.8 Å². The number of aliphatic imine (C=N–C) groups is 1. The Morgan fingerprint density at radius 2 is 1.74 bits per heavy atom. The molecule has 1 saturated carbocycles. The number of non-ortho nitro benzene ring substituents is 1. The van der Waals surface area contributed by atoms with Gasteiger partial charge in [0.15, 0.2) is 5.17 Å². The van der Waals surface area contributed by atoms with Gasteiger partial charge >= 0.3 is 0 Å². The first-order valence-electron chi connectivity index (χ1n) is 12.5. The van der Waals surface area contributed by atoms with Crippen molar-refractivity contribution in [3.05, 3.63) is 105 Å². The molecule has 1 aliphatic carbocycles. The van der Waals surface area contributed by atoms with Crippen LogP contribution in [0.25, 0.3) is 6.08 Å². The van der Waals surface area contributed by atoms with Crippen LogP contribution in [0.3, 0.4) is 0 Å². The fourth-order valence-electron chi connectivity index (χ4n) is 4.62. The number of carbonyl (C=O) groups excluding carboxylic acids is 1. The highest BCUT2D eigenvalue weighted by Crippen LogP contribution is 2.39. The summed E-state index contributed by atoms with van der Waals surface area (Å²) in [7, 11) is 0. The Bertz CT molecular complexity index is 1400. The van der Waals surface area contributed by atoms with E-state index in [4.69, 9.17) is 4.74 Å². The number of amidine groups is 1. The number of thioether (sulfide) groups is 1. The van der Waals surface area contributed by atoms with E-state index in [2.05, 4.69) is 4.99 Å². The highest BCUT2D eigenvalue weighted by atomic mass is 32.2. The molecule has 2 aliphatic rings. The zero-order chi connectivity index (χ0) is 26.5. The summed E-state index contributed by atoms with van der Waals surface area (Å²) in [5, 5.41) is 11.4. The van der Waals surface area contributed by atoms with E-state index < -0.39 is 10.7 Å². The van der Waals surface area contributed by atoms with Crippen LogP contribution in [0.15, 0.2) is 82.7 Å². The third-order valence-corrected chi connectivity index (χ3v) is 7.58. The lowest BCUT2D eigenvalue weighted by molar-refractivity contribution is -0.384. The maximum Gasteiger partial charge on any atom is 0.269 e. The minimum Gasteiger partial charge on any atom is -0.488 e. The molecular formula is C29H26FN3O4S. The van der Waals surface area contributed by atoms with Crippen molar-refractivity contribution in [1.29, 1.82) is 0 Å². The van der Waals surface area contributed by atoms with E-state index in [-0.39, 0.29) is 29.9 Å². The minimum atomic E-state index is -0.442. The molecule has 2 fully saturated rings. The fraction of sp³-hybridized carbons (Fsp3) is 0.241. The van der Waals surface area contributed by atoms with Crippen LogP contribution >= 0.6 is 11.8 Å². The molecule has 1 heterocycles. The van der Waals surface area contributed by atoms with Crippen molar-refractivity contribution in [2.75, 3.05) is 0 Å². The number of nitrogens with zero attached hydrogens (tertiary/aromatic N) is 3. The van der Waals surface area contributed by atoms with E-state index >= 15 is 0 Å². The Hall–Kier alpha value is -3.98. The van der Waals surface area contributed by atoms with E-state index in [0.717, 1.165) is 43.2 Å². The monoisotopic (exact) mass is 531 g/mol. The van der Waals surface area contributed by atoms with Gasteiger partial charge in [-0.05, 0) is 66.6 Å². The molecule has 1 saturated heterocycles. The largest absolute Gasteiger partial charge is 0.488 e. The summed E-state index contributed by atoms with van der Waals surface area (Å²) in [6.45, 7) is 0.216. The minimum absolute atomic E-state index is 0.0195. The number of nitro groups is 1. The van der Waals surface area contributed by atoms with Crippen LogP contribution in [0.4, 0.5) is 15.8 Å². The Balaban J connectivity index is 1.42. The zero-order valence-corrected chi connectivity index (χ0v) is 21.4. The van der Waals surface area contributed by atoms with Gasteiger partial charge in [-0.2, -0.15) is 0 Å². The number of carbonyl (C=O) groups is 1. The van der Waals surface area contributed by atoms with E-state index in [1.807, 2.05) is 24.3 Å². The van der Waals surface area contributed by atoms with E-state index in [9.17, 15) is 19.3 Å². The van der Waals surface area contributed by atoms with E-state index in [1.54, 1.807) is 41.3 Å². The van der Waals surface area contributed by atoms with Crippen molar-refractivity contribution in [2.24, 2.45) is 4.99 Å². The van der Waals surface area contributed by atoms with Crippen molar-refractivity contribution in [3.63, 3.8) is 0 Å². The average Bonchev–Trinajstić information content (AvgIpc) is 3.24. The second-order valence-corrected chi connectivity index (χ2v) is 10.2. The highest BCUT2D eigenvalue weighted by Gasteiger charge is 2.39. The van der Waals surface area contributed by atoms with Crippen LogP contribution < -0.4 is 4.74 Å². The Morgan fingerprint density at radius 3 is 2.47 bits per heavy atom. The predicted molar refractivity (Wildman–Crippen MR) is 147 cm³/mol. The second kappa shape index (κ2) is 11.6. The lowest BCUT2D eigenvalue weighted by Gasteiger charge is -2.30. The van der Waals surface area contributed by atoms with Crippen molar-refractivity contribution < 1.29 is 18.8 Å². The van der Waals surface area contributed by atoms with Gasteiger partial charge in [0.25, 0.3) is 11.6 Å². The highest BCUT2D eigenvalue weighted by molar-refractivity contribution is 8.18. The molecule has 0 radical (unpaired) electrons. The Labute approximate surface area is 224 Å². The average molecular weight is 532 g/mol. The predicted octanol–water partition coefficient (Wildman–Crippen LogP) is 7.25. The molecule has 1 amide bonds. The summed E-state index contributed by atoms with van der Waals surface area (Å²) in [6, 6.07) is 19.9. The molecule has 1 aliphatic heterocycles. The number of benzene rings is 3. The van der Waals surface area contributed by atoms with Gasteiger partial charge in [0.1, 0.15) is 23.9 Å². The maximum atomic E-state index is 14.4. The van der Waals surface area contributed by atoms with Crippen LogP contribution in [-0.2, 0) is 11.4 Å².